The zero-order valence-corrected chi connectivity index (χ0v) is 12.4. The monoisotopic (exact) mass is 280 g/mol. The molecule has 0 radical (unpaired) electrons. The Morgan fingerprint density at radius 2 is 1.29 bits per heavy atom. The van der Waals surface area contributed by atoms with Crippen LogP contribution in [-0.2, 0) is 0 Å². The predicted molar refractivity (Wildman–Crippen MR) is 84.9 cm³/mol. The van der Waals surface area contributed by atoms with E-state index in [1.807, 2.05) is 24.3 Å². The van der Waals surface area contributed by atoms with Crippen LogP contribution in [-0.4, -0.2) is 12.2 Å². The van der Waals surface area contributed by atoms with E-state index in [2.05, 4.69) is 31.2 Å². The van der Waals surface area contributed by atoms with Crippen LogP contribution >= 0.6 is 0 Å². The van der Waals surface area contributed by atoms with Gasteiger partial charge in [0.2, 0.25) is 0 Å². The molecule has 2 heteroatoms. The molecule has 1 N–H and O–H groups in total. The molecule has 2 aromatic rings. The van der Waals surface area contributed by atoms with Crippen molar-refractivity contribution in [2.75, 3.05) is 7.11 Å². The minimum absolute atomic E-state index is 0.320. The SMILES string of the molecule is COc1ccc(C2C=CC(c3ccc(O)cc3)C2C)cc1. The summed E-state index contributed by atoms with van der Waals surface area (Å²) in [7, 11) is 1.69. The molecule has 3 unspecified atom stereocenters. The number of hydrogen-bond acceptors (Lipinski definition) is 2. The topological polar surface area (TPSA) is 29.5 Å². The number of phenolic OH excluding ortho intramolecular Hbond substituents is 1. The van der Waals surface area contributed by atoms with Crippen LogP contribution in [0.1, 0.15) is 29.9 Å². The summed E-state index contributed by atoms with van der Waals surface area (Å²) in [6, 6.07) is 15.9. The van der Waals surface area contributed by atoms with E-state index in [1.54, 1.807) is 19.2 Å². The first-order chi connectivity index (χ1) is 10.2. The number of rotatable bonds is 3. The van der Waals surface area contributed by atoms with Gasteiger partial charge < -0.3 is 9.84 Å². The summed E-state index contributed by atoms with van der Waals surface area (Å²) in [6.45, 7) is 2.28. The molecular weight excluding hydrogens is 260 g/mol. The van der Waals surface area contributed by atoms with Crippen molar-refractivity contribution in [2.24, 2.45) is 5.92 Å². The minimum Gasteiger partial charge on any atom is -0.508 e. The summed E-state index contributed by atoms with van der Waals surface area (Å²) < 4.78 is 5.22. The van der Waals surface area contributed by atoms with Crippen LogP contribution in [0.5, 0.6) is 11.5 Å². The number of phenols is 1. The van der Waals surface area contributed by atoms with Crippen LogP contribution in [0.4, 0.5) is 0 Å². The van der Waals surface area contributed by atoms with Crippen LogP contribution in [0.3, 0.4) is 0 Å². The molecule has 2 aromatic carbocycles. The van der Waals surface area contributed by atoms with Gasteiger partial charge in [-0.05, 0) is 41.3 Å². The van der Waals surface area contributed by atoms with Crippen LogP contribution in [0, 0.1) is 5.92 Å². The lowest BCUT2D eigenvalue weighted by molar-refractivity contribution is 0.414. The van der Waals surface area contributed by atoms with Gasteiger partial charge in [-0.2, -0.15) is 0 Å². The molecule has 0 fully saturated rings. The smallest absolute Gasteiger partial charge is 0.118 e. The van der Waals surface area contributed by atoms with E-state index in [0.29, 0.717) is 23.5 Å². The predicted octanol–water partition coefficient (Wildman–Crippen LogP) is 4.47. The highest BCUT2D eigenvalue weighted by Gasteiger charge is 2.29. The Balaban J connectivity index is 1.81. The first kappa shape index (κ1) is 13.7. The normalized spacial score (nSPS) is 24.2. The van der Waals surface area contributed by atoms with E-state index < -0.39 is 0 Å². The van der Waals surface area contributed by atoms with Gasteiger partial charge in [-0.15, -0.1) is 0 Å². The van der Waals surface area contributed by atoms with Gasteiger partial charge in [-0.25, -0.2) is 0 Å². The van der Waals surface area contributed by atoms with E-state index in [1.165, 1.54) is 11.1 Å². The van der Waals surface area contributed by atoms with E-state index in [-0.39, 0.29) is 0 Å². The molecule has 0 bridgehead atoms. The van der Waals surface area contributed by atoms with E-state index >= 15 is 0 Å². The first-order valence-electron chi connectivity index (χ1n) is 7.30. The number of benzene rings is 2. The van der Waals surface area contributed by atoms with Crippen molar-refractivity contribution in [3.8, 4) is 11.5 Å². The van der Waals surface area contributed by atoms with Crippen molar-refractivity contribution in [3.05, 3.63) is 71.8 Å². The Morgan fingerprint density at radius 1 is 0.810 bits per heavy atom. The Kier molecular flexibility index (Phi) is 3.70. The molecule has 108 valence electrons. The molecular formula is C19H20O2. The van der Waals surface area contributed by atoms with Gasteiger partial charge >= 0.3 is 0 Å². The van der Waals surface area contributed by atoms with E-state index in [0.717, 1.165) is 5.75 Å². The lowest BCUT2D eigenvalue weighted by Gasteiger charge is -2.22. The molecule has 21 heavy (non-hydrogen) atoms. The summed E-state index contributed by atoms with van der Waals surface area (Å²) in [6.07, 6.45) is 4.58. The maximum Gasteiger partial charge on any atom is 0.118 e. The lowest BCUT2D eigenvalue weighted by atomic mass is 9.82. The highest BCUT2D eigenvalue weighted by Crippen LogP contribution is 2.43. The Morgan fingerprint density at radius 3 is 1.76 bits per heavy atom. The van der Waals surface area contributed by atoms with Crippen LogP contribution in [0.2, 0.25) is 0 Å². The number of aromatic hydroxyl groups is 1. The summed E-state index contributed by atoms with van der Waals surface area (Å²) in [5.74, 6) is 2.54. The van der Waals surface area contributed by atoms with Gasteiger partial charge in [-0.1, -0.05) is 43.3 Å². The molecule has 1 aliphatic carbocycles. The van der Waals surface area contributed by atoms with Gasteiger partial charge in [0.1, 0.15) is 11.5 Å². The Labute approximate surface area is 125 Å². The maximum absolute atomic E-state index is 9.41. The quantitative estimate of drug-likeness (QED) is 0.840. The third kappa shape index (κ3) is 2.66. The Hall–Kier alpha value is -2.22. The summed E-state index contributed by atoms with van der Waals surface area (Å²) in [4.78, 5) is 0. The van der Waals surface area contributed by atoms with E-state index in [9.17, 15) is 5.11 Å². The highest BCUT2D eigenvalue weighted by molar-refractivity contribution is 5.39. The summed E-state index contributed by atoms with van der Waals surface area (Å²) in [5, 5.41) is 9.41. The van der Waals surface area contributed by atoms with Crippen molar-refractivity contribution in [2.45, 2.75) is 18.8 Å². The minimum atomic E-state index is 0.320. The second-order valence-electron chi connectivity index (χ2n) is 5.66. The van der Waals surface area contributed by atoms with Gasteiger partial charge in [0.25, 0.3) is 0 Å². The maximum atomic E-state index is 9.41. The third-order valence-corrected chi connectivity index (χ3v) is 4.44. The highest BCUT2D eigenvalue weighted by atomic mass is 16.5. The van der Waals surface area contributed by atoms with Crippen molar-refractivity contribution in [3.63, 3.8) is 0 Å². The zero-order chi connectivity index (χ0) is 14.8. The van der Waals surface area contributed by atoms with Crippen molar-refractivity contribution >= 4 is 0 Å². The second kappa shape index (κ2) is 5.65. The van der Waals surface area contributed by atoms with Crippen molar-refractivity contribution in [1.29, 1.82) is 0 Å². The van der Waals surface area contributed by atoms with E-state index in [4.69, 9.17) is 4.74 Å². The molecule has 3 rings (SSSR count). The van der Waals surface area contributed by atoms with Crippen molar-refractivity contribution in [1.82, 2.24) is 0 Å². The van der Waals surface area contributed by atoms with Gasteiger partial charge in [0, 0.05) is 11.8 Å². The van der Waals surface area contributed by atoms with Crippen LogP contribution < -0.4 is 4.74 Å². The average molecular weight is 280 g/mol. The van der Waals surface area contributed by atoms with Gasteiger partial charge in [0.05, 0.1) is 7.11 Å². The fourth-order valence-electron chi connectivity index (χ4n) is 3.17. The Bertz CT molecular complexity index is 626. The molecule has 0 saturated carbocycles. The number of allylic oxidation sites excluding steroid dienone is 2. The molecule has 0 amide bonds. The fraction of sp³-hybridized carbons (Fsp3) is 0.263. The molecule has 0 spiro atoms. The standard InChI is InChI=1S/C19H20O2/c1-13-18(14-3-7-16(20)8-4-14)11-12-19(13)15-5-9-17(21-2)10-6-15/h3-13,18-20H,1-2H3. The number of methoxy groups -OCH3 is 1. The molecule has 1 aliphatic rings. The molecule has 3 atom stereocenters. The molecule has 0 aliphatic heterocycles. The summed E-state index contributed by atoms with van der Waals surface area (Å²) in [5.41, 5.74) is 2.58. The molecule has 0 aromatic heterocycles. The van der Waals surface area contributed by atoms with Gasteiger partial charge in [0.15, 0.2) is 0 Å². The summed E-state index contributed by atoms with van der Waals surface area (Å²) >= 11 is 0. The average Bonchev–Trinajstić information content (AvgIpc) is 2.90. The third-order valence-electron chi connectivity index (χ3n) is 4.44. The van der Waals surface area contributed by atoms with Gasteiger partial charge in [-0.3, -0.25) is 0 Å². The molecule has 0 heterocycles. The van der Waals surface area contributed by atoms with Crippen LogP contribution in [0.15, 0.2) is 60.7 Å². The molecule has 0 saturated heterocycles. The zero-order valence-electron chi connectivity index (χ0n) is 12.4. The molecule has 2 nitrogen and oxygen atoms in total. The first-order valence-corrected chi connectivity index (χ1v) is 7.30. The number of hydrogen-bond donors (Lipinski definition) is 1. The number of ether oxygens (including phenoxy) is 1. The van der Waals surface area contributed by atoms with Crippen LogP contribution in [0.25, 0.3) is 0 Å². The fourth-order valence-corrected chi connectivity index (χ4v) is 3.17. The van der Waals surface area contributed by atoms with Crippen molar-refractivity contribution < 1.29 is 9.84 Å². The lowest BCUT2D eigenvalue weighted by Crippen LogP contribution is -2.10. The second-order valence-corrected chi connectivity index (χ2v) is 5.66. The largest absolute Gasteiger partial charge is 0.508 e.